The highest BCUT2D eigenvalue weighted by Crippen LogP contribution is 2.16. The molecule has 0 atom stereocenters. The SMILES string of the molecule is Cc1cn2c3c(=O)n(Cc4ccc(F)cc4)c(=O)n(C)c3nc2n1CCCO. The van der Waals surface area contributed by atoms with Crippen molar-refractivity contribution >= 4 is 16.9 Å². The molecule has 4 aromatic rings. The van der Waals surface area contributed by atoms with Gasteiger partial charge in [0.05, 0.1) is 6.54 Å². The van der Waals surface area contributed by atoms with Crippen LogP contribution >= 0.6 is 0 Å². The molecule has 0 amide bonds. The fourth-order valence-corrected chi connectivity index (χ4v) is 3.47. The molecule has 0 saturated carbocycles. The van der Waals surface area contributed by atoms with E-state index in [4.69, 9.17) is 5.11 Å². The Morgan fingerprint density at radius 3 is 2.54 bits per heavy atom. The molecule has 9 heteroatoms. The highest BCUT2D eigenvalue weighted by atomic mass is 19.1. The van der Waals surface area contributed by atoms with Crippen molar-refractivity contribution in [1.82, 2.24) is 23.1 Å². The largest absolute Gasteiger partial charge is 0.396 e. The molecule has 3 aromatic heterocycles. The lowest BCUT2D eigenvalue weighted by Gasteiger charge is -2.08. The summed E-state index contributed by atoms with van der Waals surface area (Å²) in [6.45, 7) is 2.54. The molecule has 8 nitrogen and oxygen atoms in total. The molecule has 1 aromatic carbocycles. The maximum Gasteiger partial charge on any atom is 0.332 e. The molecule has 0 aliphatic rings. The van der Waals surface area contributed by atoms with Gasteiger partial charge in [-0.3, -0.25) is 18.3 Å². The highest BCUT2D eigenvalue weighted by Gasteiger charge is 2.20. The van der Waals surface area contributed by atoms with E-state index < -0.39 is 11.2 Å². The topological polar surface area (TPSA) is 86.5 Å². The number of halogens is 1. The number of benzene rings is 1. The van der Waals surface area contributed by atoms with E-state index >= 15 is 0 Å². The van der Waals surface area contributed by atoms with E-state index in [9.17, 15) is 14.0 Å². The molecule has 3 heterocycles. The number of aromatic nitrogens is 5. The van der Waals surface area contributed by atoms with E-state index in [0.29, 0.717) is 35.5 Å². The van der Waals surface area contributed by atoms with Gasteiger partial charge in [-0.2, -0.15) is 4.98 Å². The van der Waals surface area contributed by atoms with Crippen LogP contribution in [0, 0.1) is 12.7 Å². The Morgan fingerprint density at radius 2 is 1.86 bits per heavy atom. The van der Waals surface area contributed by atoms with Crippen LogP contribution in [0.3, 0.4) is 0 Å². The minimum Gasteiger partial charge on any atom is -0.396 e. The van der Waals surface area contributed by atoms with Crippen LogP contribution in [0.5, 0.6) is 0 Å². The number of aliphatic hydroxyl groups is 1. The van der Waals surface area contributed by atoms with E-state index in [-0.39, 0.29) is 19.0 Å². The molecule has 0 unspecified atom stereocenters. The first-order valence-corrected chi connectivity index (χ1v) is 8.95. The molecule has 0 bridgehead atoms. The Kier molecular flexibility index (Phi) is 4.38. The first-order chi connectivity index (χ1) is 13.4. The van der Waals surface area contributed by atoms with Gasteiger partial charge >= 0.3 is 5.69 Å². The van der Waals surface area contributed by atoms with Crippen LogP contribution in [0.2, 0.25) is 0 Å². The molecule has 1 N–H and O–H groups in total. The number of fused-ring (bicyclic) bond motifs is 3. The van der Waals surface area contributed by atoms with Crippen molar-refractivity contribution in [2.75, 3.05) is 6.61 Å². The Morgan fingerprint density at radius 1 is 1.14 bits per heavy atom. The normalized spacial score (nSPS) is 11.7. The van der Waals surface area contributed by atoms with Gasteiger partial charge < -0.3 is 9.67 Å². The molecule has 28 heavy (non-hydrogen) atoms. The predicted molar refractivity (Wildman–Crippen MR) is 102 cm³/mol. The standard InChI is InChI=1S/C19H20FN5O3/c1-12-10-24-15-16(21-18(24)23(12)8-3-9-26)22(2)19(28)25(17(15)27)11-13-4-6-14(20)7-5-13/h4-7,10,26H,3,8-9,11H2,1-2H3. The molecule has 0 aliphatic carbocycles. The third kappa shape index (κ3) is 2.75. The summed E-state index contributed by atoms with van der Waals surface area (Å²) in [7, 11) is 1.57. The zero-order valence-corrected chi connectivity index (χ0v) is 15.6. The van der Waals surface area contributed by atoms with Crippen LogP contribution in [0.4, 0.5) is 4.39 Å². The zero-order valence-electron chi connectivity index (χ0n) is 15.6. The number of nitrogens with zero attached hydrogens (tertiary/aromatic N) is 5. The van der Waals surface area contributed by atoms with Gasteiger partial charge in [0.2, 0.25) is 5.78 Å². The van der Waals surface area contributed by atoms with Crippen LogP contribution < -0.4 is 11.2 Å². The smallest absolute Gasteiger partial charge is 0.332 e. The maximum absolute atomic E-state index is 13.2. The number of hydrogen-bond donors (Lipinski definition) is 1. The van der Waals surface area contributed by atoms with Crippen molar-refractivity contribution in [3.05, 3.63) is 68.4 Å². The van der Waals surface area contributed by atoms with Crippen molar-refractivity contribution in [2.24, 2.45) is 7.05 Å². The van der Waals surface area contributed by atoms with Crippen LogP contribution in [-0.2, 0) is 20.1 Å². The molecular formula is C19H20FN5O3. The Labute approximate surface area is 158 Å². The molecule has 0 saturated heterocycles. The lowest BCUT2D eigenvalue weighted by molar-refractivity contribution is 0.280. The van der Waals surface area contributed by atoms with Crippen LogP contribution in [-0.4, -0.2) is 34.8 Å². The molecule has 0 fully saturated rings. The molecule has 0 radical (unpaired) electrons. The summed E-state index contributed by atoms with van der Waals surface area (Å²) in [6.07, 6.45) is 2.36. The summed E-state index contributed by atoms with van der Waals surface area (Å²) < 4.78 is 19.2. The molecule has 4 rings (SSSR count). The summed E-state index contributed by atoms with van der Waals surface area (Å²) in [4.78, 5) is 30.4. The maximum atomic E-state index is 13.2. The van der Waals surface area contributed by atoms with E-state index in [2.05, 4.69) is 4.98 Å². The first-order valence-electron chi connectivity index (χ1n) is 8.95. The Hall–Kier alpha value is -3.20. The van der Waals surface area contributed by atoms with Crippen molar-refractivity contribution < 1.29 is 9.50 Å². The summed E-state index contributed by atoms with van der Waals surface area (Å²) >= 11 is 0. The Bertz CT molecular complexity index is 1290. The second kappa shape index (κ2) is 6.75. The van der Waals surface area contributed by atoms with Gasteiger partial charge in [0, 0.05) is 32.1 Å². The zero-order chi connectivity index (χ0) is 20.0. The summed E-state index contributed by atoms with van der Waals surface area (Å²) in [5.41, 5.74) is 1.23. The number of hydrogen-bond acceptors (Lipinski definition) is 4. The number of aryl methyl sites for hydroxylation is 3. The number of rotatable bonds is 5. The van der Waals surface area contributed by atoms with Crippen LogP contribution in [0.15, 0.2) is 40.1 Å². The average molecular weight is 385 g/mol. The lowest BCUT2D eigenvalue weighted by Crippen LogP contribution is -2.39. The monoisotopic (exact) mass is 385 g/mol. The second-order valence-corrected chi connectivity index (χ2v) is 6.81. The van der Waals surface area contributed by atoms with Gasteiger partial charge in [0.15, 0.2) is 11.2 Å². The molecular weight excluding hydrogens is 365 g/mol. The van der Waals surface area contributed by atoms with E-state index in [1.807, 2.05) is 11.5 Å². The number of imidazole rings is 2. The lowest BCUT2D eigenvalue weighted by atomic mass is 10.2. The average Bonchev–Trinajstić information content (AvgIpc) is 3.18. The minimum atomic E-state index is -0.485. The van der Waals surface area contributed by atoms with Crippen LogP contribution in [0.25, 0.3) is 16.9 Å². The molecule has 146 valence electrons. The fraction of sp³-hybridized carbons (Fsp3) is 0.316. The first kappa shape index (κ1) is 18.2. The van der Waals surface area contributed by atoms with Gasteiger partial charge in [-0.25, -0.2) is 9.18 Å². The summed E-state index contributed by atoms with van der Waals surface area (Å²) in [5.74, 6) is 0.171. The summed E-state index contributed by atoms with van der Waals surface area (Å²) in [5, 5.41) is 9.12. The van der Waals surface area contributed by atoms with Gasteiger partial charge in [0.1, 0.15) is 5.82 Å². The third-order valence-corrected chi connectivity index (χ3v) is 4.93. The van der Waals surface area contributed by atoms with E-state index in [1.165, 1.54) is 16.7 Å². The minimum absolute atomic E-state index is 0.0408. The van der Waals surface area contributed by atoms with Crippen molar-refractivity contribution in [1.29, 1.82) is 0 Å². The van der Waals surface area contributed by atoms with Gasteiger partial charge in [-0.05, 0) is 31.0 Å². The molecule has 0 aliphatic heterocycles. The quantitative estimate of drug-likeness (QED) is 0.556. The van der Waals surface area contributed by atoms with Crippen molar-refractivity contribution in [3.8, 4) is 0 Å². The highest BCUT2D eigenvalue weighted by molar-refractivity contribution is 5.75. The second-order valence-electron chi connectivity index (χ2n) is 6.81. The number of aliphatic hydroxyl groups excluding tert-OH is 1. The molecule has 0 spiro atoms. The predicted octanol–water partition coefficient (Wildman–Crippen LogP) is 1.03. The Balaban J connectivity index is 1.95. The van der Waals surface area contributed by atoms with Crippen molar-refractivity contribution in [3.63, 3.8) is 0 Å². The van der Waals surface area contributed by atoms with Gasteiger partial charge in [-0.15, -0.1) is 0 Å². The van der Waals surface area contributed by atoms with E-state index in [1.54, 1.807) is 29.8 Å². The van der Waals surface area contributed by atoms with Gasteiger partial charge in [-0.1, -0.05) is 12.1 Å². The van der Waals surface area contributed by atoms with Gasteiger partial charge in [0.25, 0.3) is 5.56 Å². The third-order valence-electron chi connectivity index (χ3n) is 4.93. The summed E-state index contributed by atoms with van der Waals surface area (Å²) in [6, 6.07) is 5.69. The van der Waals surface area contributed by atoms with E-state index in [0.717, 1.165) is 10.3 Å². The fourth-order valence-electron chi connectivity index (χ4n) is 3.47. The van der Waals surface area contributed by atoms with Crippen molar-refractivity contribution in [2.45, 2.75) is 26.4 Å². The van der Waals surface area contributed by atoms with Crippen LogP contribution in [0.1, 0.15) is 17.7 Å².